The first-order valence-corrected chi connectivity index (χ1v) is 13.1. The fourth-order valence-corrected chi connectivity index (χ4v) is 12.9. The van der Waals surface area contributed by atoms with Crippen molar-refractivity contribution in [2.24, 2.45) is 6.66 Å². The van der Waals surface area contributed by atoms with Gasteiger partial charge in [-0.05, 0) is 22.5 Å². The Labute approximate surface area is 189 Å². The van der Waals surface area contributed by atoms with Gasteiger partial charge in [0.25, 0.3) is 0 Å². The van der Waals surface area contributed by atoms with E-state index in [1.807, 2.05) is 0 Å². The van der Waals surface area contributed by atoms with E-state index in [1.165, 1.54) is 11.1 Å². The minimum Gasteiger partial charge on any atom is -1.00 e. The molecule has 1 atom stereocenters. The molecule has 26 heavy (non-hydrogen) atoms. The van der Waals surface area contributed by atoms with Crippen molar-refractivity contribution in [3.8, 4) is 0 Å². The largest absolute Gasteiger partial charge is 1.00 e. The summed E-state index contributed by atoms with van der Waals surface area (Å²) in [4.78, 5) is 0. The fraction of sp³-hybridized carbons (Fsp3) is 0.800. The van der Waals surface area contributed by atoms with E-state index in [-0.39, 0.29) is 47.8 Å². The van der Waals surface area contributed by atoms with E-state index >= 15 is 0 Å². The molecule has 0 radical (unpaired) electrons. The van der Waals surface area contributed by atoms with Crippen LogP contribution in [0.25, 0.3) is 0 Å². The molecule has 1 unspecified atom stereocenters. The number of hydrogen-bond acceptors (Lipinski definition) is 1. The molecule has 1 heterocycles. The summed E-state index contributed by atoms with van der Waals surface area (Å²) in [6.07, 6.45) is 0. The zero-order chi connectivity index (χ0) is 19.9. The van der Waals surface area contributed by atoms with Crippen LogP contribution in [0.2, 0.25) is 0 Å². The number of nitrogens with one attached hydrogen (secondary N) is 1. The first-order chi connectivity index (χ1) is 10.3. The van der Waals surface area contributed by atoms with E-state index in [0.29, 0.717) is 0 Å². The quantitative estimate of drug-likeness (QED) is 0.435. The molecular formula is C20H40Cl2NP2Ti. The fourth-order valence-electron chi connectivity index (χ4n) is 4.14. The maximum absolute atomic E-state index is 8.99. The number of hydrogen-bond donors (Lipinski definition) is 1. The Morgan fingerprint density at radius 2 is 1.00 bits per heavy atom. The number of rotatable bonds is 0. The summed E-state index contributed by atoms with van der Waals surface area (Å²) < 4.78 is 1.62. The molecule has 0 aromatic carbocycles. The van der Waals surface area contributed by atoms with Crippen LogP contribution in [0.5, 0.6) is 0 Å². The van der Waals surface area contributed by atoms with E-state index in [9.17, 15) is 0 Å². The molecule has 0 fully saturated rings. The van der Waals surface area contributed by atoms with Crippen molar-refractivity contribution in [3.63, 3.8) is 0 Å². The number of halogens is 2. The van der Waals surface area contributed by atoms with Crippen LogP contribution in [0.4, 0.5) is 0 Å². The van der Waals surface area contributed by atoms with E-state index in [2.05, 4.69) is 110 Å². The first kappa shape index (κ1) is 32.0. The predicted octanol–water partition coefficient (Wildman–Crippen LogP) is 1.48. The summed E-state index contributed by atoms with van der Waals surface area (Å²) in [6, 6.07) is 0. The Balaban J connectivity index is -0.000000393. The van der Waals surface area contributed by atoms with Gasteiger partial charge in [-0.25, -0.2) is 0 Å². The average Bonchev–Trinajstić information content (AvgIpc) is 2.53. The predicted molar refractivity (Wildman–Crippen MR) is 113 cm³/mol. The molecule has 153 valence electrons. The van der Waals surface area contributed by atoms with Gasteiger partial charge in [-0.1, -0.05) is 62.3 Å². The summed E-state index contributed by atoms with van der Waals surface area (Å²) in [6.45, 7) is 29.1. The van der Waals surface area contributed by atoms with Crippen LogP contribution < -0.4 is 28.4 Å². The minimum absolute atomic E-state index is 0. The van der Waals surface area contributed by atoms with Crippen LogP contribution >= 0.6 is 14.6 Å². The third-order valence-electron chi connectivity index (χ3n) is 5.32. The van der Waals surface area contributed by atoms with Crippen molar-refractivity contribution >= 4 is 18.2 Å². The van der Waals surface area contributed by atoms with Crippen molar-refractivity contribution in [1.29, 1.82) is 5.16 Å². The summed E-state index contributed by atoms with van der Waals surface area (Å²) >= 11 is 2.26. The Morgan fingerprint density at radius 1 is 0.731 bits per heavy atom. The Bertz CT molecular complexity index is 507. The maximum Gasteiger partial charge on any atom is -1.00 e. The van der Waals surface area contributed by atoms with Crippen LogP contribution in [-0.4, -0.2) is 15.5 Å². The second-order valence-electron chi connectivity index (χ2n) is 9.93. The van der Waals surface area contributed by atoms with Gasteiger partial charge in [-0.3, -0.25) is 0 Å². The molecule has 0 saturated heterocycles. The van der Waals surface area contributed by atoms with E-state index in [1.54, 1.807) is 8.90 Å². The maximum atomic E-state index is 8.99. The van der Waals surface area contributed by atoms with Gasteiger partial charge in [-0.15, -0.1) is 0 Å². The Kier molecular flexibility index (Phi) is 12.8. The molecule has 1 rings (SSSR count). The summed E-state index contributed by atoms with van der Waals surface area (Å²) in [5.74, 6) is 0. The summed E-state index contributed by atoms with van der Waals surface area (Å²) in [7, 11) is -1.68. The molecule has 0 amide bonds. The third-order valence-corrected chi connectivity index (χ3v) is 15.9. The molecule has 0 bridgehead atoms. The normalized spacial score (nSPS) is 13.3. The van der Waals surface area contributed by atoms with Crippen LogP contribution in [0.15, 0.2) is 0 Å². The smallest absolute Gasteiger partial charge is 1.00 e. The summed E-state index contributed by atoms with van der Waals surface area (Å²) in [5.41, 5.74) is 3.07. The van der Waals surface area contributed by atoms with Crippen LogP contribution in [0.1, 0.15) is 78.7 Å². The van der Waals surface area contributed by atoms with Crippen molar-refractivity contribution in [3.05, 3.63) is 16.4 Å². The van der Waals surface area contributed by atoms with Crippen molar-refractivity contribution in [2.75, 3.05) is 0 Å². The summed E-state index contributed by atoms with van der Waals surface area (Å²) in [5, 5.41) is 10.9. The van der Waals surface area contributed by atoms with Crippen molar-refractivity contribution < 1.29 is 45.2 Å². The monoisotopic (exact) mass is 474 g/mol. The van der Waals surface area contributed by atoms with Gasteiger partial charge >= 0.3 is 75.4 Å². The van der Waals surface area contributed by atoms with Crippen LogP contribution in [0, 0.1) is 25.9 Å². The van der Waals surface area contributed by atoms with Crippen molar-refractivity contribution in [1.82, 2.24) is 0 Å². The van der Waals surface area contributed by atoms with Gasteiger partial charge in [0.2, 0.25) is 0 Å². The molecule has 0 spiro atoms. The molecule has 1 nitrogen and oxygen atoms in total. The minimum atomic E-state index is -1.77. The molecule has 1 aromatic rings. The van der Waals surface area contributed by atoms with Crippen molar-refractivity contribution in [2.45, 2.75) is 98.6 Å². The molecule has 0 saturated carbocycles. The molecule has 0 aliphatic carbocycles. The Hall–Kier alpha value is 1.30. The second-order valence-corrected chi connectivity index (χ2v) is 19.0. The van der Waals surface area contributed by atoms with Gasteiger partial charge < -0.3 is 30.0 Å². The zero-order valence-electron chi connectivity index (χ0n) is 19.2. The average molecular weight is 475 g/mol. The molecule has 6 heteroatoms. The molecular weight excluding hydrogens is 435 g/mol. The van der Waals surface area contributed by atoms with Gasteiger partial charge in [0.15, 0.2) is 0 Å². The standard InChI is InChI=1S/C12H28NP.C8H12P.2ClH.Ti/c1-10(2,3)14(13,11(4,5)6)12(7,8)9;1-6-5-9(4)8(3)7(6)2;;;/h13H,1-9H3;1-4H3;2*1H;/q;;;;+2/p-2. The molecule has 1 N–H and O–H groups in total. The first-order valence-electron chi connectivity index (χ1n) is 8.79. The van der Waals surface area contributed by atoms with E-state index in [0.717, 1.165) is 0 Å². The van der Waals surface area contributed by atoms with E-state index in [4.69, 9.17) is 5.16 Å². The van der Waals surface area contributed by atoms with Gasteiger partial charge in [0, 0.05) is 0 Å². The second kappa shape index (κ2) is 10.4. The SMILES string of the molecule is CC(C)(C)P(=N)(C(C)(C)C)C(C)(C)C.Cc1c(C)[c]([Ti+2])p(C)c1C.[Cl-].[Cl-]. The topological polar surface area (TPSA) is 23.9 Å². The molecule has 1 aromatic heterocycles. The molecule has 0 aliphatic heterocycles. The van der Waals surface area contributed by atoms with Crippen LogP contribution in [-0.2, 0) is 27.1 Å². The van der Waals surface area contributed by atoms with Gasteiger partial charge in [0.05, 0.1) is 0 Å². The van der Waals surface area contributed by atoms with Gasteiger partial charge in [0.1, 0.15) is 0 Å². The van der Waals surface area contributed by atoms with Crippen LogP contribution in [0.3, 0.4) is 0 Å². The third kappa shape index (κ3) is 6.41. The van der Waals surface area contributed by atoms with Gasteiger partial charge in [-0.2, -0.15) is 0 Å². The Morgan fingerprint density at radius 3 is 1.04 bits per heavy atom. The zero-order valence-corrected chi connectivity index (χ0v) is 24.0. The van der Waals surface area contributed by atoms with E-state index < -0.39 is 7.05 Å². The molecule has 0 aliphatic rings.